The molecule has 1 heterocycles. The van der Waals surface area contributed by atoms with Gasteiger partial charge in [-0.1, -0.05) is 48.2 Å². The van der Waals surface area contributed by atoms with Crippen molar-refractivity contribution in [2.75, 3.05) is 5.32 Å². The van der Waals surface area contributed by atoms with E-state index in [0.29, 0.717) is 11.1 Å². The summed E-state index contributed by atoms with van der Waals surface area (Å²) in [6.45, 7) is 6.07. The molecule has 2 aliphatic rings. The van der Waals surface area contributed by atoms with Crippen LogP contribution in [-0.2, 0) is 9.59 Å². The summed E-state index contributed by atoms with van der Waals surface area (Å²) in [5.74, 6) is 0.370. The maximum Gasteiger partial charge on any atom is 0.242 e. The van der Waals surface area contributed by atoms with Crippen molar-refractivity contribution in [1.29, 1.82) is 0 Å². The number of rotatable bonds is 6. The number of carbonyl (C=O) groups excluding carboxylic acids is 2. The molecule has 30 heavy (non-hydrogen) atoms. The first-order valence-corrected chi connectivity index (χ1v) is 11.3. The van der Waals surface area contributed by atoms with Gasteiger partial charge < -0.3 is 5.32 Å². The zero-order chi connectivity index (χ0) is 21.3. The molecule has 6 heteroatoms. The fourth-order valence-electron chi connectivity index (χ4n) is 3.73. The van der Waals surface area contributed by atoms with E-state index in [1.54, 1.807) is 0 Å². The molecule has 0 spiro atoms. The van der Waals surface area contributed by atoms with E-state index in [2.05, 4.69) is 12.2 Å². The Morgan fingerprint density at radius 3 is 2.47 bits per heavy atom. The van der Waals surface area contributed by atoms with Gasteiger partial charge in [0.15, 0.2) is 5.17 Å². The molecule has 1 N–H and O–H groups in total. The van der Waals surface area contributed by atoms with Crippen LogP contribution in [0.2, 0.25) is 0 Å². The molecule has 5 nitrogen and oxygen atoms in total. The number of carbonyl (C=O) groups is 2. The molecule has 2 fully saturated rings. The van der Waals surface area contributed by atoms with Crippen LogP contribution in [0.5, 0.6) is 0 Å². The van der Waals surface area contributed by atoms with E-state index in [1.807, 2.05) is 67.3 Å². The number of amides is 2. The van der Waals surface area contributed by atoms with E-state index in [1.165, 1.54) is 11.8 Å². The van der Waals surface area contributed by atoms with Crippen LogP contribution in [-0.4, -0.2) is 33.2 Å². The molecule has 2 aromatic carbocycles. The van der Waals surface area contributed by atoms with Gasteiger partial charge in [-0.15, -0.1) is 0 Å². The average Bonchev–Trinajstić information content (AvgIpc) is 3.52. The van der Waals surface area contributed by atoms with Crippen molar-refractivity contribution in [3.8, 4) is 0 Å². The van der Waals surface area contributed by atoms with E-state index < -0.39 is 5.25 Å². The summed E-state index contributed by atoms with van der Waals surface area (Å²) in [6, 6.07) is 15.7. The van der Waals surface area contributed by atoms with Crippen LogP contribution in [0.4, 0.5) is 11.4 Å². The van der Waals surface area contributed by atoms with E-state index in [0.717, 1.165) is 35.3 Å². The van der Waals surface area contributed by atoms with Gasteiger partial charge in [-0.2, -0.15) is 0 Å². The Bertz CT molecular complexity index is 999. The number of hydrogen-bond acceptors (Lipinski definition) is 4. The monoisotopic (exact) mass is 421 g/mol. The van der Waals surface area contributed by atoms with Crippen LogP contribution in [0.1, 0.15) is 37.3 Å². The van der Waals surface area contributed by atoms with Crippen molar-refractivity contribution in [1.82, 2.24) is 4.90 Å². The van der Waals surface area contributed by atoms with Gasteiger partial charge in [-0.25, -0.2) is 4.99 Å². The molecule has 2 atom stereocenters. The highest BCUT2D eigenvalue weighted by Crippen LogP contribution is 2.41. The molecular formula is C24H27N3O2S. The van der Waals surface area contributed by atoms with Gasteiger partial charge in [0, 0.05) is 18.2 Å². The third kappa shape index (κ3) is 4.43. The van der Waals surface area contributed by atoms with Gasteiger partial charge in [-0.3, -0.25) is 14.5 Å². The zero-order valence-electron chi connectivity index (χ0n) is 17.6. The van der Waals surface area contributed by atoms with Crippen molar-refractivity contribution in [2.45, 2.75) is 51.3 Å². The van der Waals surface area contributed by atoms with Crippen molar-refractivity contribution in [3.63, 3.8) is 0 Å². The normalized spacial score (nSPS) is 21.2. The number of amidine groups is 1. The lowest BCUT2D eigenvalue weighted by Gasteiger charge is -2.24. The number of aliphatic imine (C=N–C) groups is 1. The molecule has 0 aromatic heterocycles. The van der Waals surface area contributed by atoms with E-state index >= 15 is 0 Å². The van der Waals surface area contributed by atoms with Crippen LogP contribution in [0.3, 0.4) is 0 Å². The lowest BCUT2D eigenvalue weighted by atomic mass is 10.1. The second-order valence-electron chi connectivity index (χ2n) is 8.14. The molecular weight excluding hydrogens is 394 g/mol. The minimum Gasteiger partial charge on any atom is -0.326 e. The number of para-hydroxylation sites is 2. The summed E-state index contributed by atoms with van der Waals surface area (Å²) < 4.78 is 0. The quantitative estimate of drug-likeness (QED) is 0.709. The summed E-state index contributed by atoms with van der Waals surface area (Å²) in [5.41, 5.74) is 3.72. The second-order valence-corrected chi connectivity index (χ2v) is 9.31. The average molecular weight is 422 g/mol. The predicted molar refractivity (Wildman–Crippen MR) is 123 cm³/mol. The van der Waals surface area contributed by atoms with Gasteiger partial charge in [-0.05, 0) is 62.8 Å². The molecule has 1 saturated carbocycles. The van der Waals surface area contributed by atoms with Gasteiger partial charge in [0.05, 0.1) is 5.69 Å². The molecule has 2 amide bonds. The molecule has 1 aliphatic heterocycles. The first-order chi connectivity index (χ1) is 14.4. The minimum atomic E-state index is -0.446. The van der Waals surface area contributed by atoms with Crippen molar-refractivity contribution >= 4 is 40.1 Å². The van der Waals surface area contributed by atoms with Gasteiger partial charge in [0.2, 0.25) is 11.8 Å². The smallest absolute Gasteiger partial charge is 0.242 e. The highest BCUT2D eigenvalue weighted by Gasteiger charge is 2.45. The highest BCUT2D eigenvalue weighted by atomic mass is 32.2. The number of nitrogens with one attached hydrogen (secondary N) is 1. The van der Waals surface area contributed by atoms with E-state index in [9.17, 15) is 9.59 Å². The fourth-order valence-corrected chi connectivity index (χ4v) is 4.96. The lowest BCUT2D eigenvalue weighted by molar-refractivity contribution is -0.129. The SMILES string of the molecule is Cc1ccccc1N=C1S[C@@H](CC(=O)Nc2ccccc2C)C(=O)N1[C@H](C)C1CC1. The van der Waals surface area contributed by atoms with Crippen LogP contribution in [0, 0.1) is 19.8 Å². The Hall–Kier alpha value is -2.60. The first-order valence-electron chi connectivity index (χ1n) is 10.4. The number of anilines is 1. The molecule has 0 radical (unpaired) electrons. The number of hydrogen-bond donors (Lipinski definition) is 1. The summed E-state index contributed by atoms with van der Waals surface area (Å²) >= 11 is 1.41. The molecule has 2 aromatic rings. The second kappa shape index (κ2) is 8.64. The fraction of sp³-hybridized carbons (Fsp3) is 0.375. The minimum absolute atomic E-state index is 0.00771. The Balaban J connectivity index is 1.54. The van der Waals surface area contributed by atoms with Gasteiger partial charge >= 0.3 is 0 Å². The summed E-state index contributed by atoms with van der Waals surface area (Å²) in [7, 11) is 0. The molecule has 1 saturated heterocycles. The van der Waals surface area contributed by atoms with E-state index in [4.69, 9.17) is 4.99 Å². The largest absolute Gasteiger partial charge is 0.326 e. The Kier molecular flexibility index (Phi) is 5.95. The Labute approximate surface area is 182 Å². The number of thioether (sulfide) groups is 1. The third-order valence-electron chi connectivity index (χ3n) is 5.80. The molecule has 0 bridgehead atoms. The predicted octanol–water partition coefficient (Wildman–Crippen LogP) is 5.06. The number of benzene rings is 2. The Morgan fingerprint density at radius 1 is 1.13 bits per heavy atom. The van der Waals surface area contributed by atoms with E-state index in [-0.39, 0.29) is 24.3 Å². The summed E-state index contributed by atoms with van der Waals surface area (Å²) in [5, 5.41) is 3.21. The topological polar surface area (TPSA) is 61.8 Å². The van der Waals surface area contributed by atoms with Crippen LogP contribution in [0.25, 0.3) is 0 Å². The third-order valence-corrected chi connectivity index (χ3v) is 6.95. The molecule has 4 rings (SSSR count). The standard InChI is InChI=1S/C24H27N3O2S/c1-15-8-4-6-10-19(15)25-22(28)14-21-23(29)27(17(3)18-12-13-18)24(30-21)26-20-11-7-5-9-16(20)2/h4-11,17-18,21H,12-14H2,1-3H3,(H,25,28)/t17-,21+/m1/s1. The zero-order valence-corrected chi connectivity index (χ0v) is 18.4. The highest BCUT2D eigenvalue weighted by molar-refractivity contribution is 8.15. The van der Waals surface area contributed by atoms with Crippen molar-refractivity contribution in [2.24, 2.45) is 10.9 Å². The van der Waals surface area contributed by atoms with Crippen molar-refractivity contribution in [3.05, 3.63) is 59.7 Å². The maximum atomic E-state index is 13.3. The summed E-state index contributed by atoms with van der Waals surface area (Å²) in [6.07, 6.45) is 2.43. The number of aryl methyl sites for hydroxylation is 2. The first kappa shape index (κ1) is 20.7. The van der Waals surface area contributed by atoms with Crippen LogP contribution >= 0.6 is 11.8 Å². The summed E-state index contributed by atoms with van der Waals surface area (Å²) in [4.78, 5) is 32.6. The maximum absolute atomic E-state index is 13.3. The lowest BCUT2D eigenvalue weighted by Crippen LogP contribution is -2.41. The van der Waals surface area contributed by atoms with Gasteiger partial charge in [0.1, 0.15) is 5.25 Å². The molecule has 1 aliphatic carbocycles. The van der Waals surface area contributed by atoms with Crippen LogP contribution < -0.4 is 5.32 Å². The molecule has 0 unspecified atom stereocenters. The molecule has 156 valence electrons. The van der Waals surface area contributed by atoms with Crippen molar-refractivity contribution < 1.29 is 9.59 Å². The number of nitrogens with zero attached hydrogens (tertiary/aromatic N) is 2. The Morgan fingerprint density at radius 2 is 1.80 bits per heavy atom. The van der Waals surface area contributed by atoms with Crippen LogP contribution in [0.15, 0.2) is 53.5 Å². The van der Waals surface area contributed by atoms with Gasteiger partial charge in [0.25, 0.3) is 0 Å².